The maximum absolute atomic E-state index is 5.27. The van der Waals surface area contributed by atoms with Crippen LogP contribution in [0.5, 0.6) is 5.75 Å². The molecule has 4 heteroatoms. The summed E-state index contributed by atoms with van der Waals surface area (Å²) in [4.78, 5) is 4.26. The van der Waals surface area contributed by atoms with Crippen LogP contribution in [0.1, 0.15) is 29.7 Å². The van der Waals surface area contributed by atoms with Crippen LogP contribution in [0.4, 0.5) is 0 Å². The average molecular weight is 335 g/mol. The highest BCUT2D eigenvalue weighted by atomic mass is 79.9. The summed E-state index contributed by atoms with van der Waals surface area (Å²) in [6, 6.07) is 8.50. The normalized spacial score (nSPS) is 12.2. The van der Waals surface area contributed by atoms with Crippen molar-refractivity contribution in [3.8, 4) is 5.75 Å². The molecule has 0 aliphatic heterocycles. The second kappa shape index (κ2) is 6.86. The maximum Gasteiger partial charge on any atom is 0.137 e. The molecular weight excluding hydrogens is 316 g/mol. The van der Waals surface area contributed by atoms with E-state index in [0.29, 0.717) is 0 Å². The highest BCUT2D eigenvalue weighted by Crippen LogP contribution is 2.28. The van der Waals surface area contributed by atoms with Crippen LogP contribution < -0.4 is 10.1 Å². The third-order valence-corrected chi connectivity index (χ3v) is 3.75. The molecule has 0 radical (unpaired) electrons. The zero-order chi connectivity index (χ0) is 14.5. The minimum atomic E-state index is 0.121. The van der Waals surface area contributed by atoms with Gasteiger partial charge in [-0.05, 0) is 48.4 Å². The molecule has 1 N–H and O–H groups in total. The molecule has 1 atom stereocenters. The molecule has 0 saturated carbocycles. The van der Waals surface area contributed by atoms with E-state index in [1.54, 1.807) is 13.3 Å². The lowest BCUT2D eigenvalue weighted by Gasteiger charge is -2.21. The van der Waals surface area contributed by atoms with Crippen molar-refractivity contribution >= 4 is 15.9 Å². The average Bonchev–Trinajstić information content (AvgIpc) is 2.45. The number of rotatable bonds is 5. The summed E-state index contributed by atoms with van der Waals surface area (Å²) in [5.74, 6) is 0.778. The summed E-state index contributed by atoms with van der Waals surface area (Å²) < 4.78 is 6.37. The summed E-state index contributed by atoms with van der Waals surface area (Å²) in [7, 11) is 1.66. The van der Waals surface area contributed by atoms with Gasteiger partial charge in [-0.3, -0.25) is 4.98 Å². The van der Waals surface area contributed by atoms with Crippen LogP contribution in [0, 0.1) is 6.92 Å². The Labute approximate surface area is 128 Å². The fourth-order valence-electron chi connectivity index (χ4n) is 2.28. The van der Waals surface area contributed by atoms with E-state index in [0.717, 1.165) is 22.3 Å². The Balaban J connectivity index is 2.44. The van der Waals surface area contributed by atoms with Crippen molar-refractivity contribution in [2.75, 3.05) is 13.7 Å². The van der Waals surface area contributed by atoms with Gasteiger partial charge in [0.2, 0.25) is 0 Å². The van der Waals surface area contributed by atoms with Crippen molar-refractivity contribution in [3.05, 3.63) is 57.8 Å². The molecule has 0 spiro atoms. The third-order valence-electron chi connectivity index (χ3n) is 3.25. The SMILES string of the molecule is CCNC(c1cncc(OC)c1)c1ccc(Br)cc1C. The van der Waals surface area contributed by atoms with E-state index in [4.69, 9.17) is 4.74 Å². The van der Waals surface area contributed by atoms with E-state index >= 15 is 0 Å². The predicted octanol–water partition coefficient (Wildman–Crippen LogP) is 3.86. The lowest BCUT2D eigenvalue weighted by atomic mass is 9.96. The molecule has 0 aliphatic rings. The van der Waals surface area contributed by atoms with Crippen molar-refractivity contribution in [2.24, 2.45) is 0 Å². The van der Waals surface area contributed by atoms with E-state index in [1.165, 1.54) is 11.1 Å². The Morgan fingerprint density at radius 1 is 1.30 bits per heavy atom. The third kappa shape index (κ3) is 3.38. The van der Waals surface area contributed by atoms with Gasteiger partial charge in [-0.1, -0.05) is 28.9 Å². The van der Waals surface area contributed by atoms with Gasteiger partial charge in [-0.15, -0.1) is 0 Å². The Bertz CT molecular complexity index is 586. The van der Waals surface area contributed by atoms with E-state index in [1.807, 2.05) is 12.3 Å². The number of hydrogen-bond acceptors (Lipinski definition) is 3. The summed E-state index contributed by atoms with van der Waals surface area (Å²) in [6.45, 7) is 5.12. The van der Waals surface area contributed by atoms with Crippen LogP contribution in [0.2, 0.25) is 0 Å². The van der Waals surface area contributed by atoms with Crippen molar-refractivity contribution in [1.29, 1.82) is 0 Å². The number of halogens is 1. The maximum atomic E-state index is 5.27. The first-order chi connectivity index (χ1) is 9.65. The molecule has 1 aromatic carbocycles. The van der Waals surface area contributed by atoms with E-state index in [-0.39, 0.29) is 6.04 Å². The number of methoxy groups -OCH3 is 1. The number of benzene rings is 1. The minimum absolute atomic E-state index is 0.121. The van der Waals surface area contributed by atoms with Crippen molar-refractivity contribution in [3.63, 3.8) is 0 Å². The first-order valence-electron chi connectivity index (χ1n) is 6.64. The number of nitrogens with one attached hydrogen (secondary N) is 1. The summed E-state index contributed by atoms with van der Waals surface area (Å²) >= 11 is 3.51. The highest BCUT2D eigenvalue weighted by Gasteiger charge is 2.16. The topological polar surface area (TPSA) is 34.2 Å². The molecule has 1 aromatic heterocycles. The standard InChI is InChI=1S/C16H19BrN2O/c1-4-19-16(12-8-14(20-3)10-18-9-12)15-6-5-13(17)7-11(15)2/h5-10,16,19H,4H2,1-3H3. The van der Waals surface area contributed by atoms with E-state index in [9.17, 15) is 0 Å². The zero-order valence-corrected chi connectivity index (χ0v) is 13.6. The van der Waals surface area contributed by atoms with Crippen molar-refractivity contribution < 1.29 is 4.74 Å². The number of nitrogens with zero attached hydrogens (tertiary/aromatic N) is 1. The quantitative estimate of drug-likeness (QED) is 0.901. The zero-order valence-electron chi connectivity index (χ0n) is 12.0. The monoisotopic (exact) mass is 334 g/mol. The molecule has 106 valence electrons. The summed E-state index contributed by atoms with van der Waals surface area (Å²) in [5, 5.41) is 3.52. The number of aromatic nitrogens is 1. The van der Waals surface area contributed by atoms with Crippen LogP contribution >= 0.6 is 15.9 Å². The van der Waals surface area contributed by atoms with Crippen LogP contribution in [-0.4, -0.2) is 18.6 Å². The Hall–Kier alpha value is -1.39. The van der Waals surface area contributed by atoms with Crippen LogP contribution in [0.15, 0.2) is 41.1 Å². The Kier molecular flexibility index (Phi) is 5.15. The first-order valence-corrected chi connectivity index (χ1v) is 7.43. The highest BCUT2D eigenvalue weighted by molar-refractivity contribution is 9.10. The summed E-state index contributed by atoms with van der Waals surface area (Å²) in [5.41, 5.74) is 3.61. The van der Waals surface area contributed by atoms with Gasteiger partial charge in [-0.2, -0.15) is 0 Å². The molecule has 0 amide bonds. The van der Waals surface area contributed by atoms with Crippen molar-refractivity contribution in [1.82, 2.24) is 10.3 Å². The molecule has 2 rings (SSSR count). The van der Waals surface area contributed by atoms with Gasteiger partial charge >= 0.3 is 0 Å². The molecule has 3 nitrogen and oxygen atoms in total. The van der Waals surface area contributed by atoms with Crippen LogP contribution in [0.25, 0.3) is 0 Å². The van der Waals surface area contributed by atoms with E-state index < -0.39 is 0 Å². The molecule has 1 unspecified atom stereocenters. The second-order valence-corrected chi connectivity index (χ2v) is 5.57. The van der Waals surface area contributed by atoms with Gasteiger partial charge in [0.05, 0.1) is 19.3 Å². The summed E-state index contributed by atoms with van der Waals surface area (Å²) in [6.07, 6.45) is 3.61. The molecule has 20 heavy (non-hydrogen) atoms. The second-order valence-electron chi connectivity index (χ2n) is 4.65. The largest absolute Gasteiger partial charge is 0.495 e. The smallest absolute Gasteiger partial charge is 0.137 e. The molecule has 0 aliphatic carbocycles. The molecule has 0 bridgehead atoms. The number of hydrogen-bond donors (Lipinski definition) is 1. The fourth-order valence-corrected chi connectivity index (χ4v) is 2.76. The fraction of sp³-hybridized carbons (Fsp3) is 0.312. The van der Waals surface area contributed by atoms with Gasteiger partial charge in [0.1, 0.15) is 5.75 Å². The van der Waals surface area contributed by atoms with E-state index in [2.05, 4.69) is 58.3 Å². The lowest BCUT2D eigenvalue weighted by molar-refractivity contribution is 0.411. The number of ether oxygens (including phenoxy) is 1. The number of pyridine rings is 1. The van der Waals surface area contributed by atoms with Gasteiger partial charge in [0.15, 0.2) is 0 Å². The molecule has 0 saturated heterocycles. The van der Waals surface area contributed by atoms with Crippen LogP contribution in [-0.2, 0) is 0 Å². The Morgan fingerprint density at radius 2 is 2.10 bits per heavy atom. The molecule has 0 fully saturated rings. The molecular formula is C16H19BrN2O. The number of aryl methyl sites for hydroxylation is 1. The predicted molar refractivity (Wildman–Crippen MR) is 85.2 cm³/mol. The van der Waals surface area contributed by atoms with Gasteiger partial charge < -0.3 is 10.1 Å². The minimum Gasteiger partial charge on any atom is -0.495 e. The van der Waals surface area contributed by atoms with Gasteiger partial charge in [0.25, 0.3) is 0 Å². The van der Waals surface area contributed by atoms with Crippen molar-refractivity contribution in [2.45, 2.75) is 19.9 Å². The van der Waals surface area contributed by atoms with Gasteiger partial charge in [0, 0.05) is 10.7 Å². The Morgan fingerprint density at radius 3 is 2.75 bits per heavy atom. The first kappa shape index (κ1) is 15.0. The molecule has 1 heterocycles. The molecule has 2 aromatic rings. The van der Waals surface area contributed by atoms with Crippen LogP contribution in [0.3, 0.4) is 0 Å². The van der Waals surface area contributed by atoms with Gasteiger partial charge in [-0.25, -0.2) is 0 Å². The lowest BCUT2D eigenvalue weighted by Crippen LogP contribution is -2.23.